The minimum absolute atomic E-state index is 0. The maximum Gasteiger partial charge on any atom is 0.237 e. The summed E-state index contributed by atoms with van der Waals surface area (Å²) in [6, 6.07) is 6.24. The lowest BCUT2D eigenvalue weighted by Gasteiger charge is -2.34. The van der Waals surface area contributed by atoms with Crippen molar-refractivity contribution in [3.63, 3.8) is 0 Å². The van der Waals surface area contributed by atoms with Gasteiger partial charge in [-0.3, -0.25) is 0 Å². The van der Waals surface area contributed by atoms with E-state index in [0.29, 0.717) is 17.5 Å². The number of aromatic nitrogens is 2. The van der Waals surface area contributed by atoms with Crippen molar-refractivity contribution in [2.75, 3.05) is 0 Å². The van der Waals surface area contributed by atoms with E-state index in [4.69, 9.17) is 10.3 Å². The molecule has 1 fully saturated rings. The highest BCUT2D eigenvalue weighted by atomic mass is 79.9. The molecule has 1 aromatic heterocycles. The average molecular weight is 391 g/mol. The predicted molar refractivity (Wildman–Crippen MR) is 89.7 cm³/mol. The van der Waals surface area contributed by atoms with Crippen molar-refractivity contribution in [3.8, 4) is 0 Å². The number of halogens is 2. The average Bonchev–Trinajstić information content (AvgIpc) is 2.84. The van der Waals surface area contributed by atoms with Crippen molar-refractivity contribution in [1.82, 2.24) is 10.1 Å². The van der Waals surface area contributed by atoms with Gasteiger partial charge in [-0.05, 0) is 49.9 Å². The van der Waals surface area contributed by atoms with E-state index < -0.39 is 0 Å². The zero-order valence-corrected chi connectivity index (χ0v) is 14.9. The first-order valence-electron chi connectivity index (χ1n) is 6.58. The quantitative estimate of drug-likeness (QED) is 0.793. The topological polar surface area (TPSA) is 64.9 Å². The first kappa shape index (κ1) is 16.8. The molecule has 0 spiro atoms. The predicted octanol–water partition coefficient (Wildman–Crippen LogP) is 4.19. The Hall–Kier alpha value is -0.560. The molecule has 1 aliphatic rings. The number of nitrogens with zero attached hydrogens (tertiary/aromatic N) is 2. The molecule has 0 aliphatic heterocycles. The highest BCUT2D eigenvalue weighted by molar-refractivity contribution is 9.10. The summed E-state index contributed by atoms with van der Waals surface area (Å²) in [6.07, 6.45) is 3.04. The van der Waals surface area contributed by atoms with Gasteiger partial charge < -0.3 is 10.3 Å². The second-order valence-electron chi connectivity index (χ2n) is 5.22. The van der Waals surface area contributed by atoms with Gasteiger partial charge in [-0.1, -0.05) is 21.1 Å². The van der Waals surface area contributed by atoms with Crippen LogP contribution in [0.1, 0.15) is 36.5 Å². The molecule has 0 saturated heterocycles. The number of thioether (sulfide) groups is 1. The molecule has 3 rings (SSSR count). The van der Waals surface area contributed by atoms with Crippen LogP contribution in [0.25, 0.3) is 0 Å². The minimum atomic E-state index is -0.347. The number of hydrogen-bond acceptors (Lipinski definition) is 5. The van der Waals surface area contributed by atoms with Crippen molar-refractivity contribution in [2.24, 2.45) is 5.73 Å². The van der Waals surface area contributed by atoms with Gasteiger partial charge in [0.1, 0.15) is 0 Å². The van der Waals surface area contributed by atoms with Crippen molar-refractivity contribution in [3.05, 3.63) is 40.0 Å². The van der Waals surface area contributed by atoms with Crippen LogP contribution in [-0.4, -0.2) is 10.1 Å². The molecular formula is C14H17BrClN3OS. The smallest absolute Gasteiger partial charge is 0.237 e. The molecule has 0 unspecified atom stereocenters. The second-order valence-corrected chi connectivity index (χ2v) is 7.15. The summed E-state index contributed by atoms with van der Waals surface area (Å²) < 4.78 is 6.39. The molecule has 1 aliphatic carbocycles. The van der Waals surface area contributed by atoms with E-state index in [2.05, 4.69) is 45.1 Å². The Morgan fingerprint density at radius 3 is 2.81 bits per heavy atom. The lowest BCUT2D eigenvalue weighted by atomic mass is 9.77. The third kappa shape index (κ3) is 3.62. The molecule has 2 aromatic rings. The van der Waals surface area contributed by atoms with Crippen molar-refractivity contribution in [1.29, 1.82) is 0 Å². The largest absolute Gasteiger partial charge is 0.338 e. The summed E-state index contributed by atoms with van der Waals surface area (Å²) >= 11 is 5.17. The third-order valence-electron chi connectivity index (χ3n) is 3.65. The molecule has 7 heteroatoms. The van der Waals surface area contributed by atoms with Crippen molar-refractivity contribution in [2.45, 2.75) is 42.4 Å². The molecule has 0 radical (unpaired) electrons. The molecular weight excluding hydrogens is 374 g/mol. The Morgan fingerprint density at radius 1 is 1.43 bits per heavy atom. The van der Waals surface area contributed by atoms with E-state index >= 15 is 0 Å². The van der Waals surface area contributed by atoms with E-state index in [1.807, 2.05) is 6.07 Å². The maximum atomic E-state index is 6.19. The standard InChI is InChI=1S/C14H16BrN3OS.ClH/c1-9-7-10(15)3-4-11(9)20-8-12-17-13(18-19-12)14(16)5-2-6-14;/h3-4,7H,2,5-6,8,16H2,1H3;1H. The Morgan fingerprint density at radius 2 is 2.19 bits per heavy atom. The van der Waals surface area contributed by atoms with E-state index in [-0.39, 0.29) is 17.9 Å². The molecule has 0 amide bonds. The fraction of sp³-hybridized carbons (Fsp3) is 0.429. The Kier molecular flexibility index (Phi) is 5.35. The first-order valence-corrected chi connectivity index (χ1v) is 8.36. The van der Waals surface area contributed by atoms with Gasteiger partial charge in [-0.15, -0.1) is 24.2 Å². The Labute approximate surface area is 142 Å². The summed E-state index contributed by atoms with van der Waals surface area (Å²) in [7, 11) is 0. The van der Waals surface area contributed by atoms with Crippen LogP contribution in [0.15, 0.2) is 32.1 Å². The number of aryl methyl sites for hydroxylation is 1. The van der Waals surface area contributed by atoms with Crippen LogP contribution < -0.4 is 5.73 Å². The SMILES string of the molecule is Cc1cc(Br)ccc1SCc1nc(C2(N)CCC2)no1.Cl. The van der Waals surface area contributed by atoms with Gasteiger partial charge in [0, 0.05) is 9.37 Å². The van der Waals surface area contributed by atoms with Crippen LogP contribution in [0, 0.1) is 6.92 Å². The third-order valence-corrected chi connectivity index (χ3v) is 5.30. The minimum Gasteiger partial charge on any atom is -0.338 e. The van der Waals surface area contributed by atoms with Gasteiger partial charge in [0.25, 0.3) is 0 Å². The molecule has 1 heterocycles. The van der Waals surface area contributed by atoms with Gasteiger partial charge in [0.15, 0.2) is 5.82 Å². The van der Waals surface area contributed by atoms with Crippen LogP contribution >= 0.6 is 40.1 Å². The van der Waals surface area contributed by atoms with Gasteiger partial charge in [-0.25, -0.2) is 0 Å². The number of rotatable bonds is 4. The highest BCUT2D eigenvalue weighted by Gasteiger charge is 2.38. The molecule has 4 nitrogen and oxygen atoms in total. The fourth-order valence-electron chi connectivity index (χ4n) is 2.21. The van der Waals surface area contributed by atoms with E-state index in [9.17, 15) is 0 Å². The van der Waals surface area contributed by atoms with E-state index in [1.54, 1.807) is 11.8 Å². The Bertz CT molecular complexity index is 630. The van der Waals surface area contributed by atoms with Gasteiger partial charge >= 0.3 is 0 Å². The molecule has 1 saturated carbocycles. The molecule has 0 atom stereocenters. The zero-order valence-electron chi connectivity index (χ0n) is 11.6. The molecule has 1 aromatic carbocycles. The molecule has 2 N–H and O–H groups in total. The van der Waals surface area contributed by atoms with E-state index in [1.165, 1.54) is 10.5 Å². The highest BCUT2D eigenvalue weighted by Crippen LogP contribution is 2.37. The maximum absolute atomic E-state index is 6.19. The van der Waals surface area contributed by atoms with Crippen LogP contribution in [0.2, 0.25) is 0 Å². The summed E-state index contributed by atoms with van der Waals surface area (Å²) in [6.45, 7) is 2.09. The second kappa shape index (κ2) is 6.69. The molecule has 114 valence electrons. The van der Waals surface area contributed by atoms with Gasteiger partial charge in [0.2, 0.25) is 5.89 Å². The number of nitrogens with two attached hydrogens (primary N) is 1. The number of hydrogen-bond donors (Lipinski definition) is 1. The number of benzene rings is 1. The van der Waals surface area contributed by atoms with Crippen LogP contribution in [0.3, 0.4) is 0 Å². The van der Waals surface area contributed by atoms with Crippen LogP contribution in [0.5, 0.6) is 0 Å². The zero-order chi connectivity index (χ0) is 14.2. The molecule has 21 heavy (non-hydrogen) atoms. The molecule has 0 bridgehead atoms. The monoisotopic (exact) mass is 389 g/mol. The van der Waals surface area contributed by atoms with Crippen LogP contribution in [-0.2, 0) is 11.3 Å². The van der Waals surface area contributed by atoms with Gasteiger partial charge in [-0.2, -0.15) is 4.98 Å². The summed E-state index contributed by atoms with van der Waals surface area (Å²) in [5.74, 6) is 1.97. The lowest BCUT2D eigenvalue weighted by molar-refractivity contribution is 0.229. The lowest BCUT2D eigenvalue weighted by Crippen LogP contribution is -2.44. The Balaban J connectivity index is 0.00000161. The summed E-state index contributed by atoms with van der Waals surface area (Å²) in [4.78, 5) is 5.65. The fourth-order valence-corrected chi connectivity index (χ4v) is 3.53. The van der Waals surface area contributed by atoms with Crippen LogP contribution in [0.4, 0.5) is 0 Å². The normalized spacial score (nSPS) is 16.1. The van der Waals surface area contributed by atoms with Gasteiger partial charge in [0.05, 0.1) is 11.3 Å². The van der Waals surface area contributed by atoms with E-state index in [0.717, 1.165) is 23.7 Å². The van der Waals surface area contributed by atoms with Crippen molar-refractivity contribution < 1.29 is 4.52 Å². The first-order chi connectivity index (χ1) is 9.57. The summed E-state index contributed by atoms with van der Waals surface area (Å²) in [5.41, 5.74) is 7.08. The summed E-state index contributed by atoms with van der Waals surface area (Å²) in [5, 5.41) is 4.03. The van der Waals surface area contributed by atoms with Crippen molar-refractivity contribution >= 4 is 40.1 Å².